The molecule has 0 aliphatic heterocycles. The highest BCUT2D eigenvalue weighted by Crippen LogP contribution is 2.28. The van der Waals surface area contributed by atoms with E-state index in [1.165, 1.54) is 6.20 Å². The maximum Gasteiger partial charge on any atom is 0.254 e. The van der Waals surface area contributed by atoms with Crippen molar-refractivity contribution in [3.63, 3.8) is 0 Å². The van der Waals surface area contributed by atoms with Crippen molar-refractivity contribution in [3.8, 4) is 0 Å². The number of nitrogens with one attached hydrogen (secondary N) is 2. The Morgan fingerprint density at radius 2 is 1.78 bits per heavy atom. The number of aromatic nitrogens is 2. The summed E-state index contributed by atoms with van der Waals surface area (Å²) >= 11 is 0. The highest BCUT2D eigenvalue weighted by atomic mass is 16.5. The third kappa shape index (κ3) is 5.29. The molecule has 0 bridgehead atoms. The van der Waals surface area contributed by atoms with Gasteiger partial charge in [0.05, 0.1) is 11.7 Å². The van der Waals surface area contributed by atoms with E-state index >= 15 is 0 Å². The molecule has 2 fully saturated rings. The molecule has 0 saturated heterocycles. The minimum atomic E-state index is -0.534. The summed E-state index contributed by atoms with van der Waals surface area (Å²) in [6.07, 6.45) is 9.72. The Kier molecular flexibility index (Phi) is 6.84. The Labute approximate surface area is 160 Å². The van der Waals surface area contributed by atoms with Gasteiger partial charge in [-0.05, 0) is 57.3 Å². The van der Waals surface area contributed by atoms with Crippen LogP contribution in [0.3, 0.4) is 0 Å². The highest BCUT2D eigenvalue weighted by molar-refractivity contribution is 5.97. The van der Waals surface area contributed by atoms with Gasteiger partial charge in [0.2, 0.25) is 5.95 Å². The number of hydrogen-bond acceptors (Lipinski definition) is 7. The molecule has 2 aliphatic carbocycles. The van der Waals surface area contributed by atoms with Gasteiger partial charge in [0.15, 0.2) is 0 Å². The standard InChI is InChI=1S/C19H31N5O3/c1-27-15-8-6-14(7-9-15)23-19-21-10-16(17(20)26)18(24-19)22-13-4-2-12(11-25)3-5-13/h10,12-15,25H,2-9,11H2,1H3,(H2,20,26)(H2,21,22,23,24)/t12-,13-,14-,15-. The van der Waals surface area contributed by atoms with Gasteiger partial charge in [-0.1, -0.05) is 0 Å². The van der Waals surface area contributed by atoms with E-state index in [2.05, 4.69) is 20.6 Å². The SMILES string of the molecule is CO[C@H]1CC[C@H](Nc2ncc(C(N)=O)c(N[C@H]3CC[C@H](CO)CC3)n2)CC1. The summed E-state index contributed by atoms with van der Waals surface area (Å²) in [4.78, 5) is 20.6. The zero-order valence-electron chi connectivity index (χ0n) is 16.0. The first-order valence-corrected chi connectivity index (χ1v) is 9.92. The molecule has 0 radical (unpaired) electrons. The van der Waals surface area contributed by atoms with Crippen LogP contribution >= 0.6 is 0 Å². The summed E-state index contributed by atoms with van der Waals surface area (Å²) in [7, 11) is 1.76. The second kappa shape index (κ2) is 9.32. The lowest BCUT2D eigenvalue weighted by Gasteiger charge is -2.29. The number of carbonyl (C=O) groups is 1. The number of nitrogens with two attached hydrogens (primary N) is 1. The molecule has 2 aliphatic rings. The number of aliphatic hydroxyl groups excluding tert-OH is 1. The van der Waals surface area contributed by atoms with Crippen LogP contribution < -0.4 is 16.4 Å². The lowest BCUT2D eigenvalue weighted by Crippen LogP contribution is -2.31. The van der Waals surface area contributed by atoms with Crippen LogP contribution in [0.5, 0.6) is 0 Å². The molecule has 150 valence electrons. The van der Waals surface area contributed by atoms with Crippen LogP contribution in [0.25, 0.3) is 0 Å². The quantitative estimate of drug-likeness (QED) is 0.572. The molecule has 1 aromatic rings. The first-order chi connectivity index (χ1) is 13.1. The molecule has 8 nitrogen and oxygen atoms in total. The van der Waals surface area contributed by atoms with Gasteiger partial charge in [0, 0.05) is 32.0 Å². The van der Waals surface area contributed by atoms with Gasteiger partial charge in [-0.3, -0.25) is 4.79 Å². The second-order valence-electron chi connectivity index (χ2n) is 7.72. The zero-order valence-corrected chi connectivity index (χ0v) is 16.0. The maximum atomic E-state index is 11.8. The molecule has 0 unspecified atom stereocenters. The molecule has 0 atom stereocenters. The number of carbonyl (C=O) groups excluding carboxylic acids is 1. The Balaban J connectivity index is 1.65. The van der Waals surface area contributed by atoms with Crippen LogP contribution in [0.15, 0.2) is 6.20 Å². The largest absolute Gasteiger partial charge is 0.396 e. The average molecular weight is 377 g/mol. The van der Waals surface area contributed by atoms with Crippen molar-refractivity contribution >= 4 is 17.7 Å². The van der Waals surface area contributed by atoms with Gasteiger partial charge in [-0.25, -0.2) is 4.98 Å². The number of hydrogen-bond donors (Lipinski definition) is 4. The van der Waals surface area contributed by atoms with E-state index in [4.69, 9.17) is 10.5 Å². The molecule has 8 heteroatoms. The first kappa shape index (κ1) is 19.8. The van der Waals surface area contributed by atoms with Crippen molar-refractivity contribution in [2.45, 2.75) is 69.6 Å². The summed E-state index contributed by atoms with van der Waals surface area (Å²) in [6, 6.07) is 0.537. The van der Waals surface area contributed by atoms with Crippen molar-refractivity contribution in [2.24, 2.45) is 11.7 Å². The van der Waals surface area contributed by atoms with E-state index in [1.54, 1.807) is 7.11 Å². The molecule has 5 N–H and O–H groups in total. The van der Waals surface area contributed by atoms with Crippen molar-refractivity contribution < 1.29 is 14.6 Å². The summed E-state index contributed by atoms with van der Waals surface area (Å²) in [5.41, 5.74) is 5.81. The van der Waals surface area contributed by atoms with Crippen LogP contribution in [-0.2, 0) is 4.74 Å². The molecular weight excluding hydrogens is 346 g/mol. The molecule has 2 saturated carbocycles. The first-order valence-electron chi connectivity index (χ1n) is 9.92. The number of primary amides is 1. The number of aliphatic hydroxyl groups is 1. The third-order valence-electron chi connectivity index (χ3n) is 5.84. The number of amides is 1. The smallest absolute Gasteiger partial charge is 0.254 e. The summed E-state index contributed by atoms with van der Waals surface area (Å²) in [5.74, 6) is 0.864. The number of rotatable bonds is 7. The Hall–Kier alpha value is -1.93. The van der Waals surface area contributed by atoms with E-state index in [-0.39, 0.29) is 12.6 Å². The highest BCUT2D eigenvalue weighted by Gasteiger charge is 2.24. The zero-order chi connectivity index (χ0) is 19.2. The Morgan fingerprint density at radius 1 is 1.15 bits per heavy atom. The molecule has 1 heterocycles. The molecule has 0 spiro atoms. The fourth-order valence-corrected chi connectivity index (χ4v) is 4.05. The van der Waals surface area contributed by atoms with Crippen molar-refractivity contribution in [3.05, 3.63) is 11.8 Å². The average Bonchev–Trinajstić information content (AvgIpc) is 2.69. The van der Waals surface area contributed by atoms with Gasteiger partial charge in [0.25, 0.3) is 5.91 Å². The fraction of sp³-hybridized carbons (Fsp3) is 0.737. The maximum absolute atomic E-state index is 11.8. The Morgan fingerprint density at radius 3 is 2.37 bits per heavy atom. The van der Waals surface area contributed by atoms with Gasteiger partial charge < -0.3 is 26.2 Å². The lowest BCUT2D eigenvalue weighted by molar-refractivity contribution is 0.0681. The molecule has 1 aromatic heterocycles. The van der Waals surface area contributed by atoms with Gasteiger partial charge in [-0.2, -0.15) is 4.98 Å². The molecule has 1 amide bonds. The second-order valence-corrected chi connectivity index (χ2v) is 7.72. The molecular formula is C19H31N5O3. The number of ether oxygens (including phenoxy) is 1. The van der Waals surface area contributed by atoms with Gasteiger partial charge in [0.1, 0.15) is 5.82 Å². The monoisotopic (exact) mass is 377 g/mol. The van der Waals surface area contributed by atoms with Crippen molar-refractivity contribution in [2.75, 3.05) is 24.4 Å². The fourth-order valence-electron chi connectivity index (χ4n) is 4.05. The van der Waals surface area contributed by atoms with E-state index in [9.17, 15) is 9.90 Å². The van der Waals surface area contributed by atoms with Gasteiger partial charge >= 0.3 is 0 Å². The summed E-state index contributed by atoms with van der Waals surface area (Å²) in [6.45, 7) is 0.242. The van der Waals surface area contributed by atoms with Crippen LogP contribution in [-0.4, -0.2) is 52.9 Å². The summed E-state index contributed by atoms with van der Waals surface area (Å²) in [5, 5.41) is 16.0. The molecule has 27 heavy (non-hydrogen) atoms. The minimum absolute atomic E-state index is 0.228. The predicted octanol–water partition coefficient (Wildman–Crippen LogP) is 1.91. The normalized spacial score (nSPS) is 28.5. The Bertz CT molecular complexity index is 626. The van der Waals surface area contributed by atoms with Crippen LogP contribution in [0.2, 0.25) is 0 Å². The number of anilines is 2. The molecule has 3 rings (SSSR count). The summed E-state index contributed by atoms with van der Waals surface area (Å²) < 4.78 is 5.41. The van der Waals surface area contributed by atoms with Crippen LogP contribution in [0.1, 0.15) is 61.7 Å². The minimum Gasteiger partial charge on any atom is -0.396 e. The van der Waals surface area contributed by atoms with Crippen LogP contribution in [0.4, 0.5) is 11.8 Å². The number of nitrogens with zero attached hydrogens (tertiary/aromatic N) is 2. The van der Waals surface area contributed by atoms with E-state index in [0.29, 0.717) is 35.4 Å². The molecule has 0 aromatic carbocycles. The van der Waals surface area contributed by atoms with Crippen molar-refractivity contribution in [1.29, 1.82) is 0 Å². The van der Waals surface area contributed by atoms with E-state index < -0.39 is 5.91 Å². The van der Waals surface area contributed by atoms with Gasteiger partial charge in [-0.15, -0.1) is 0 Å². The predicted molar refractivity (Wildman–Crippen MR) is 104 cm³/mol. The van der Waals surface area contributed by atoms with E-state index in [0.717, 1.165) is 51.4 Å². The topological polar surface area (TPSA) is 122 Å². The van der Waals surface area contributed by atoms with E-state index in [1.807, 2.05) is 0 Å². The number of methoxy groups -OCH3 is 1. The third-order valence-corrected chi connectivity index (χ3v) is 5.84. The lowest BCUT2D eigenvalue weighted by atomic mass is 9.86. The van der Waals surface area contributed by atoms with Crippen molar-refractivity contribution in [1.82, 2.24) is 9.97 Å². The van der Waals surface area contributed by atoms with Crippen LogP contribution in [0, 0.1) is 5.92 Å².